The van der Waals surface area contributed by atoms with Gasteiger partial charge in [0.1, 0.15) is 6.79 Å². The second kappa shape index (κ2) is 9.61. The van der Waals surface area contributed by atoms with Crippen LogP contribution in [0.25, 0.3) is 21.8 Å². The molecule has 1 amide bonds. The Morgan fingerprint density at radius 1 is 1.27 bits per heavy atom. The maximum Gasteiger partial charge on any atom is 0.257 e. The standard InChI is InChI=1S/C20H20N5O4S/c1-2-27-13-28-9-4-8-25-12-21-15-11-14(6-7-16(15)25)18(26)22-20-24-23-19(30-20)17-5-3-10-29-17/h3,5-7,10-12H,1-2,4,8-9,13H2,(H,22,24,26). The van der Waals surface area contributed by atoms with Crippen LogP contribution in [0.4, 0.5) is 5.13 Å². The van der Waals surface area contributed by atoms with Crippen molar-refractivity contribution in [1.82, 2.24) is 19.7 Å². The number of hydrogen-bond donors (Lipinski definition) is 1. The van der Waals surface area contributed by atoms with Crippen LogP contribution < -0.4 is 5.32 Å². The monoisotopic (exact) mass is 426 g/mol. The smallest absolute Gasteiger partial charge is 0.257 e. The molecule has 4 aromatic rings. The summed E-state index contributed by atoms with van der Waals surface area (Å²) in [4.78, 5) is 17.0. The fourth-order valence-corrected chi connectivity index (χ4v) is 3.55. The van der Waals surface area contributed by atoms with Gasteiger partial charge in [-0.1, -0.05) is 11.3 Å². The van der Waals surface area contributed by atoms with Crippen LogP contribution in [0.15, 0.2) is 47.3 Å². The highest BCUT2D eigenvalue weighted by Crippen LogP contribution is 2.27. The number of ether oxygens (including phenoxy) is 2. The van der Waals surface area contributed by atoms with Crippen LogP contribution in [0.3, 0.4) is 0 Å². The minimum Gasteiger partial charge on any atom is -0.462 e. The van der Waals surface area contributed by atoms with Crippen molar-refractivity contribution >= 4 is 33.4 Å². The van der Waals surface area contributed by atoms with Crippen molar-refractivity contribution in [3.05, 3.63) is 55.4 Å². The van der Waals surface area contributed by atoms with E-state index in [2.05, 4.69) is 27.4 Å². The molecule has 0 aliphatic rings. The van der Waals surface area contributed by atoms with Crippen molar-refractivity contribution in [1.29, 1.82) is 0 Å². The van der Waals surface area contributed by atoms with Gasteiger partial charge in [0.2, 0.25) is 5.13 Å². The number of hydrogen-bond acceptors (Lipinski definition) is 8. The highest BCUT2D eigenvalue weighted by molar-refractivity contribution is 7.18. The SMILES string of the molecule is [CH2]COCOCCCn1cnc2cc(C(=O)Nc3nnc(-c4ccco4)s3)ccc21. The molecule has 0 aliphatic heterocycles. The summed E-state index contributed by atoms with van der Waals surface area (Å²) in [6.07, 6.45) is 4.15. The first-order valence-electron chi connectivity index (χ1n) is 9.33. The number of carbonyl (C=O) groups is 1. The van der Waals surface area contributed by atoms with Crippen molar-refractivity contribution in [2.24, 2.45) is 0 Å². The number of aromatic nitrogens is 4. The van der Waals surface area contributed by atoms with E-state index < -0.39 is 0 Å². The number of aryl methyl sites for hydroxylation is 1. The van der Waals surface area contributed by atoms with Crippen LogP contribution >= 0.6 is 11.3 Å². The number of carbonyl (C=O) groups excluding carboxylic acids is 1. The lowest BCUT2D eigenvalue weighted by Crippen LogP contribution is -2.11. The van der Waals surface area contributed by atoms with E-state index in [0.717, 1.165) is 24.0 Å². The van der Waals surface area contributed by atoms with Crippen LogP contribution in [0.5, 0.6) is 0 Å². The minimum atomic E-state index is -0.271. The number of fused-ring (bicyclic) bond motifs is 1. The van der Waals surface area contributed by atoms with E-state index in [1.54, 1.807) is 36.9 Å². The summed E-state index contributed by atoms with van der Waals surface area (Å²) in [6.45, 7) is 5.57. The maximum atomic E-state index is 12.6. The molecule has 0 bridgehead atoms. The number of furan rings is 1. The molecule has 0 saturated carbocycles. The van der Waals surface area contributed by atoms with E-state index >= 15 is 0 Å². The summed E-state index contributed by atoms with van der Waals surface area (Å²) in [7, 11) is 0. The minimum absolute atomic E-state index is 0.254. The van der Waals surface area contributed by atoms with Crippen LogP contribution in [-0.4, -0.2) is 45.7 Å². The van der Waals surface area contributed by atoms with Crippen molar-refractivity contribution in [2.45, 2.75) is 13.0 Å². The van der Waals surface area contributed by atoms with Gasteiger partial charge < -0.3 is 18.5 Å². The molecule has 30 heavy (non-hydrogen) atoms. The summed E-state index contributed by atoms with van der Waals surface area (Å²) in [6, 6.07) is 8.98. The molecule has 3 aromatic heterocycles. The Bertz CT molecular complexity index is 1110. The van der Waals surface area contributed by atoms with Gasteiger partial charge in [-0.25, -0.2) is 4.98 Å². The number of anilines is 1. The topological polar surface area (TPSA) is 104 Å². The molecular weight excluding hydrogens is 406 g/mol. The molecule has 155 valence electrons. The first-order chi connectivity index (χ1) is 14.7. The fourth-order valence-electron chi connectivity index (χ4n) is 2.84. The third kappa shape index (κ3) is 4.73. The van der Waals surface area contributed by atoms with E-state index in [1.165, 1.54) is 11.3 Å². The summed E-state index contributed by atoms with van der Waals surface area (Å²) in [5.41, 5.74) is 2.20. The van der Waals surface area contributed by atoms with Gasteiger partial charge in [-0.05, 0) is 43.7 Å². The maximum absolute atomic E-state index is 12.6. The van der Waals surface area contributed by atoms with E-state index in [0.29, 0.717) is 34.7 Å². The lowest BCUT2D eigenvalue weighted by molar-refractivity contribution is -0.0456. The van der Waals surface area contributed by atoms with Gasteiger partial charge in [-0.2, -0.15) is 0 Å². The Morgan fingerprint density at radius 2 is 2.20 bits per heavy atom. The summed E-state index contributed by atoms with van der Waals surface area (Å²) in [5.74, 6) is 0.340. The third-order valence-corrected chi connectivity index (χ3v) is 5.11. The van der Waals surface area contributed by atoms with E-state index in [-0.39, 0.29) is 12.7 Å². The predicted molar refractivity (Wildman–Crippen MR) is 112 cm³/mol. The van der Waals surface area contributed by atoms with Gasteiger partial charge in [0.05, 0.1) is 30.2 Å². The van der Waals surface area contributed by atoms with Crippen molar-refractivity contribution in [2.75, 3.05) is 25.3 Å². The number of rotatable bonds is 10. The van der Waals surface area contributed by atoms with E-state index in [4.69, 9.17) is 13.9 Å². The predicted octanol–water partition coefficient (Wildman–Crippen LogP) is 3.61. The van der Waals surface area contributed by atoms with Gasteiger partial charge in [-0.3, -0.25) is 10.1 Å². The Hall–Kier alpha value is -3.08. The normalized spacial score (nSPS) is 11.2. The average Bonchev–Trinajstić information content (AvgIpc) is 3.51. The molecule has 0 fully saturated rings. The molecule has 0 atom stereocenters. The largest absolute Gasteiger partial charge is 0.462 e. The molecule has 0 spiro atoms. The first-order valence-corrected chi connectivity index (χ1v) is 10.1. The molecular formula is C20H20N5O4S. The summed E-state index contributed by atoms with van der Waals surface area (Å²) in [5, 5.41) is 11.8. The molecule has 0 aliphatic carbocycles. The molecule has 10 heteroatoms. The van der Waals surface area contributed by atoms with Crippen molar-refractivity contribution in [3.63, 3.8) is 0 Å². The lowest BCUT2D eigenvalue weighted by Gasteiger charge is -2.06. The van der Waals surface area contributed by atoms with Crippen LogP contribution in [0, 0.1) is 6.92 Å². The third-order valence-electron chi connectivity index (χ3n) is 4.26. The molecule has 3 heterocycles. The second-order valence-electron chi connectivity index (χ2n) is 6.27. The zero-order chi connectivity index (χ0) is 20.8. The van der Waals surface area contributed by atoms with Crippen molar-refractivity contribution < 1.29 is 18.7 Å². The molecule has 1 N–H and O–H groups in total. The average molecular weight is 426 g/mol. The lowest BCUT2D eigenvalue weighted by atomic mass is 10.2. The zero-order valence-corrected chi connectivity index (χ0v) is 16.9. The number of nitrogens with zero attached hydrogens (tertiary/aromatic N) is 4. The quantitative estimate of drug-likeness (QED) is 0.305. The second-order valence-corrected chi connectivity index (χ2v) is 7.25. The van der Waals surface area contributed by atoms with E-state index in [9.17, 15) is 4.79 Å². The molecule has 4 rings (SSSR count). The number of nitrogens with one attached hydrogen (secondary N) is 1. The number of amides is 1. The Balaban J connectivity index is 1.37. The fraction of sp³-hybridized carbons (Fsp3) is 0.250. The van der Waals surface area contributed by atoms with E-state index in [1.807, 2.05) is 10.6 Å². The molecule has 9 nitrogen and oxygen atoms in total. The van der Waals surface area contributed by atoms with Crippen LogP contribution in [-0.2, 0) is 16.0 Å². The first kappa shape index (κ1) is 20.2. The van der Waals surface area contributed by atoms with Gasteiger partial charge in [-0.15, -0.1) is 10.2 Å². The highest BCUT2D eigenvalue weighted by Gasteiger charge is 2.14. The van der Waals surface area contributed by atoms with Gasteiger partial charge >= 0.3 is 0 Å². The molecule has 1 aromatic carbocycles. The van der Waals surface area contributed by atoms with Gasteiger partial charge in [0.25, 0.3) is 5.91 Å². The van der Waals surface area contributed by atoms with Crippen LogP contribution in [0.1, 0.15) is 16.8 Å². The zero-order valence-electron chi connectivity index (χ0n) is 16.1. The number of imidazole rings is 1. The number of benzene rings is 1. The molecule has 1 radical (unpaired) electrons. The summed E-state index contributed by atoms with van der Waals surface area (Å²) >= 11 is 1.25. The highest BCUT2D eigenvalue weighted by atomic mass is 32.1. The Kier molecular flexibility index (Phi) is 6.47. The van der Waals surface area contributed by atoms with Crippen LogP contribution in [0.2, 0.25) is 0 Å². The molecule has 0 saturated heterocycles. The Labute approximate surface area is 176 Å². The summed E-state index contributed by atoms with van der Waals surface area (Å²) < 4.78 is 17.7. The van der Waals surface area contributed by atoms with Gasteiger partial charge in [0, 0.05) is 18.7 Å². The van der Waals surface area contributed by atoms with Gasteiger partial charge in [0.15, 0.2) is 10.8 Å². The Morgan fingerprint density at radius 3 is 3.03 bits per heavy atom. The molecule has 0 unspecified atom stereocenters. The van der Waals surface area contributed by atoms with Crippen molar-refractivity contribution in [3.8, 4) is 10.8 Å².